The van der Waals surface area contributed by atoms with E-state index in [9.17, 15) is 0 Å². The summed E-state index contributed by atoms with van der Waals surface area (Å²) in [6, 6.07) is 19.6. The maximum Gasteiger partial charge on any atom is 0.225 e. The molecular weight excluding hydrogens is 250 g/mol. The Balaban J connectivity index is 2.45. The molecule has 0 amide bonds. The molecule has 0 spiro atoms. The van der Waals surface area contributed by atoms with Crippen LogP contribution in [0.15, 0.2) is 65.7 Å². The predicted octanol–water partition coefficient (Wildman–Crippen LogP) is 3.92. The first-order valence-corrected chi connectivity index (χ1v) is 6.49. The molecule has 20 heavy (non-hydrogen) atoms. The lowest BCUT2D eigenvalue weighted by molar-refractivity contribution is 0.0444. The van der Waals surface area contributed by atoms with Crippen LogP contribution in [0.5, 0.6) is 0 Å². The van der Waals surface area contributed by atoms with Crippen LogP contribution in [0.2, 0.25) is 0 Å². The molecule has 0 radical (unpaired) electrons. The second kappa shape index (κ2) is 6.35. The van der Waals surface area contributed by atoms with E-state index in [1.165, 1.54) is 0 Å². The Hall–Kier alpha value is -2.13. The quantitative estimate of drug-likeness (QED) is 0.622. The molecule has 0 aliphatic heterocycles. The molecule has 0 aromatic heterocycles. The molecule has 0 bridgehead atoms. The van der Waals surface area contributed by atoms with Gasteiger partial charge in [-0.1, -0.05) is 48.5 Å². The summed E-state index contributed by atoms with van der Waals surface area (Å²) in [5.74, 6) is 0.525. The maximum atomic E-state index is 5.69. The number of hydrogen-bond donors (Lipinski definition) is 0. The van der Waals surface area contributed by atoms with E-state index in [1.54, 1.807) is 14.2 Å². The average molecular weight is 269 g/mol. The van der Waals surface area contributed by atoms with Crippen molar-refractivity contribution < 1.29 is 9.47 Å². The molecule has 0 aliphatic rings. The zero-order valence-electron chi connectivity index (χ0n) is 12.0. The van der Waals surface area contributed by atoms with E-state index in [-0.39, 0.29) is 0 Å². The van der Waals surface area contributed by atoms with Gasteiger partial charge < -0.3 is 9.47 Å². The van der Waals surface area contributed by atoms with Gasteiger partial charge in [-0.3, -0.25) is 0 Å². The van der Waals surface area contributed by atoms with E-state index >= 15 is 0 Å². The summed E-state index contributed by atoms with van der Waals surface area (Å²) < 4.78 is 11.2. The van der Waals surface area contributed by atoms with Crippen LogP contribution < -0.4 is 0 Å². The van der Waals surface area contributed by atoms with Gasteiger partial charge in [-0.05, 0) is 24.6 Å². The standard InChI is InChI=1S/C17H19NO2/c1-17(20-3,14-10-6-4-7-11-14)16(19-2)18-15-12-8-5-9-13-15/h4-13H,1-3H3. The van der Waals surface area contributed by atoms with Crippen molar-refractivity contribution in [2.75, 3.05) is 14.2 Å². The predicted molar refractivity (Wildman–Crippen MR) is 81.3 cm³/mol. The fourth-order valence-corrected chi connectivity index (χ4v) is 2.05. The Morgan fingerprint density at radius 3 is 1.95 bits per heavy atom. The van der Waals surface area contributed by atoms with E-state index < -0.39 is 5.60 Å². The Morgan fingerprint density at radius 1 is 0.900 bits per heavy atom. The molecule has 0 heterocycles. The van der Waals surface area contributed by atoms with Gasteiger partial charge in [0.1, 0.15) is 0 Å². The molecule has 1 atom stereocenters. The van der Waals surface area contributed by atoms with Gasteiger partial charge in [-0.25, -0.2) is 4.99 Å². The van der Waals surface area contributed by atoms with Gasteiger partial charge >= 0.3 is 0 Å². The molecule has 3 heteroatoms. The van der Waals surface area contributed by atoms with E-state index in [1.807, 2.05) is 67.6 Å². The van der Waals surface area contributed by atoms with Gasteiger partial charge in [0, 0.05) is 7.11 Å². The van der Waals surface area contributed by atoms with Gasteiger partial charge in [0.15, 0.2) is 5.60 Å². The summed E-state index contributed by atoms with van der Waals surface area (Å²) in [6.07, 6.45) is 0. The van der Waals surface area contributed by atoms with Gasteiger partial charge in [0.25, 0.3) is 0 Å². The van der Waals surface area contributed by atoms with Crippen molar-refractivity contribution >= 4 is 11.6 Å². The van der Waals surface area contributed by atoms with E-state index in [0.29, 0.717) is 5.90 Å². The topological polar surface area (TPSA) is 30.8 Å². The molecule has 0 saturated heterocycles. The van der Waals surface area contributed by atoms with Gasteiger partial charge in [0.2, 0.25) is 5.90 Å². The molecule has 2 aromatic carbocycles. The van der Waals surface area contributed by atoms with Gasteiger partial charge in [-0.15, -0.1) is 0 Å². The highest BCUT2D eigenvalue weighted by molar-refractivity contribution is 5.88. The Bertz CT molecular complexity index is 566. The molecule has 0 fully saturated rings. The minimum Gasteiger partial charge on any atom is -0.482 e. The van der Waals surface area contributed by atoms with Crippen LogP contribution >= 0.6 is 0 Å². The number of hydrogen-bond acceptors (Lipinski definition) is 3. The van der Waals surface area contributed by atoms with Crippen molar-refractivity contribution in [3.05, 3.63) is 66.2 Å². The second-order valence-electron chi connectivity index (χ2n) is 4.56. The summed E-state index contributed by atoms with van der Waals surface area (Å²) in [4.78, 5) is 4.57. The normalized spacial score (nSPS) is 14.7. The molecule has 2 aromatic rings. The van der Waals surface area contributed by atoms with Crippen molar-refractivity contribution in [2.45, 2.75) is 12.5 Å². The number of benzene rings is 2. The van der Waals surface area contributed by atoms with Crippen LogP contribution in [0.25, 0.3) is 0 Å². The summed E-state index contributed by atoms with van der Waals surface area (Å²) in [7, 11) is 3.27. The molecule has 0 aliphatic carbocycles. The minimum absolute atomic E-state index is 0.525. The van der Waals surface area contributed by atoms with Crippen LogP contribution in [0.1, 0.15) is 12.5 Å². The smallest absolute Gasteiger partial charge is 0.225 e. The van der Waals surface area contributed by atoms with Crippen LogP contribution in [0.4, 0.5) is 5.69 Å². The third-order valence-corrected chi connectivity index (χ3v) is 3.32. The number of ether oxygens (including phenoxy) is 2. The van der Waals surface area contributed by atoms with Crippen LogP contribution in [-0.4, -0.2) is 20.1 Å². The number of methoxy groups -OCH3 is 2. The van der Waals surface area contributed by atoms with Gasteiger partial charge in [-0.2, -0.15) is 0 Å². The summed E-state index contributed by atoms with van der Waals surface area (Å²) in [6.45, 7) is 1.95. The number of nitrogens with zero attached hydrogens (tertiary/aromatic N) is 1. The lowest BCUT2D eigenvalue weighted by atomic mass is 9.95. The lowest BCUT2D eigenvalue weighted by Crippen LogP contribution is -2.35. The van der Waals surface area contributed by atoms with Crippen LogP contribution in [-0.2, 0) is 15.1 Å². The Kier molecular flexibility index (Phi) is 4.53. The third-order valence-electron chi connectivity index (χ3n) is 3.32. The molecule has 2 rings (SSSR count). The SMILES string of the molecule is COC(=Nc1ccccc1)C(C)(OC)c1ccccc1. The minimum atomic E-state index is -0.716. The fraction of sp³-hybridized carbons (Fsp3) is 0.235. The Morgan fingerprint density at radius 2 is 1.45 bits per heavy atom. The summed E-state index contributed by atoms with van der Waals surface area (Å²) >= 11 is 0. The lowest BCUT2D eigenvalue weighted by Gasteiger charge is -2.28. The van der Waals surface area contributed by atoms with Crippen molar-refractivity contribution in [1.82, 2.24) is 0 Å². The van der Waals surface area contributed by atoms with E-state index in [0.717, 1.165) is 11.3 Å². The maximum absolute atomic E-state index is 5.69. The van der Waals surface area contributed by atoms with Crippen molar-refractivity contribution in [3.8, 4) is 0 Å². The largest absolute Gasteiger partial charge is 0.482 e. The summed E-state index contributed by atoms with van der Waals surface area (Å²) in [5, 5.41) is 0. The van der Waals surface area contributed by atoms with Crippen molar-refractivity contribution in [2.24, 2.45) is 4.99 Å². The molecule has 104 valence electrons. The third kappa shape index (κ3) is 2.89. The number of aliphatic imine (C=N–C) groups is 1. The average Bonchev–Trinajstić information content (AvgIpc) is 2.53. The van der Waals surface area contributed by atoms with Gasteiger partial charge in [0.05, 0.1) is 12.8 Å². The second-order valence-corrected chi connectivity index (χ2v) is 4.56. The molecule has 0 saturated carbocycles. The highest BCUT2D eigenvalue weighted by Crippen LogP contribution is 2.28. The fourth-order valence-electron chi connectivity index (χ4n) is 2.05. The zero-order chi connectivity index (χ0) is 14.4. The van der Waals surface area contributed by atoms with Crippen molar-refractivity contribution in [3.63, 3.8) is 0 Å². The summed E-state index contributed by atoms with van der Waals surface area (Å²) in [5.41, 5.74) is 1.12. The Labute approximate surface area is 119 Å². The molecule has 1 unspecified atom stereocenters. The van der Waals surface area contributed by atoms with Crippen LogP contribution in [0.3, 0.4) is 0 Å². The van der Waals surface area contributed by atoms with Crippen LogP contribution in [0, 0.1) is 0 Å². The van der Waals surface area contributed by atoms with E-state index in [2.05, 4.69) is 4.99 Å². The number of rotatable bonds is 4. The highest BCUT2D eigenvalue weighted by atomic mass is 16.5. The first-order chi connectivity index (χ1) is 9.70. The highest BCUT2D eigenvalue weighted by Gasteiger charge is 2.34. The van der Waals surface area contributed by atoms with Crippen molar-refractivity contribution in [1.29, 1.82) is 0 Å². The molecular formula is C17H19NO2. The monoisotopic (exact) mass is 269 g/mol. The zero-order valence-corrected chi connectivity index (χ0v) is 12.0. The first kappa shape index (κ1) is 14.3. The number of para-hydroxylation sites is 1. The van der Waals surface area contributed by atoms with E-state index in [4.69, 9.17) is 9.47 Å². The molecule has 0 N–H and O–H groups in total. The molecule has 3 nitrogen and oxygen atoms in total. The first-order valence-electron chi connectivity index (χ1n) is 6.49.